The van der Waals surface area contributed by atoms with E-state index in [0.717, 1.165) is 13.0 Å². The number of ether oxygens (including phenoxy) is 1. The number of carbonyl (C=O) groups excluding carboxylic acids is 1. The Morgan fingerprint density at radius 1 is 1.46 bits per heavy atom. The average Bonchev–Trinajstić information content (AvgIpc) is 3.05. The van der Waals surface area contributed by atoms with Crippen LogP contribution in [0.2, 0.25) is 0 Å². The van der Waals surface area contributed by atoms with Crippen LogP contribution in [-0.2, 0) is 10.0 Å². The number of carbonyl (C=O) groups is 1. The molecule has 9 heteroatoms. The SMILES string of the molecule is CCCN(C1CCNC1)S(=O)(=O)c1ccc(OC)c(C(N)=O)c1.Cl. The van der Waals surface area contributed by atoms with Gasteiger partial charge in [0.15, 0.2) is 0 Å². The summed E-state index contributed by atoms with van der Waals surface area (Å²) in [7, 11) is -2.29. The van der Waals surface area contributed by atoms with Gasteiger partial charge in [0.1, 0.15) is 5.75 Å². The highest BCUT2D eigenvalue weighted by molar-refractivity contribution is 7.89. The summed E-state index contributed by atoms with van der Waals surface area (Å²) in [5.41, 5.74) is 5.39. The fourth-order valence-electron chi connectivity index (χ4n) is 2.78. The number of nitrogens with one attached hydrogen (secondary N) is 1. The van der Waals surface area contributed by atoms with E-state index in [1.807, 2.05) is 6.92 Å². The number of hydrogen-bond acceptors (Lipinski definition) is 5. The molecule has 1 aliphatic heterocycles. The van der Waals surface area contributed by atoms with Crippen LogP contribution >= 0.6 is 12.4 Å². The second-order valence-corrected chi connectivity index (χ2v) is 7.38. The van der Waals surface area contributed by atoms with Gasteiger partial charge in [0.25, 0.3) is 5.91 Å². The van der Waals surface area contributed by atoms with E-state index >= 15 is 0 Å². The Hall–Kier alpha value is -1.35. The molecule has 1 amide bonds. The summed E-state index contributed by atoms with van der Waals surface area (Å²) in [6.45, 7) is 3.81. The highest BCUT2D eigenvalue weighted by Crippen LogP contribution is 2.26. The third kappa shape index (κ3) is 4.18. The molecule has 1 aromatic carbocycles. The van der Waals surface area contributed by atoms with Crippen molar-refractivity contribution < 1.29 is 17.9 Å². The largest absolute Gasteiger partial charge is 0.496 e. The van der Waals surface area contributed by atoms with E-state index in [2.05, 4.69) is 5.32 Å². The van der Waals surface area contributed by atoms with Crippen LogP contribution in [0.4, 0.5) is 0 Å². The lowest BCUT2D eigenvalue weighted by molar-refractivity contribution is 0.0997. The second-order valence-electron chi connectivity index (χ2n) is 5.49. The lowest BCUT2D eigenvalue weighted by Gasteiger charge is -2.27. The van der Waals surface area contributed by atoms with Crippen LogP contribution in [0.15, 0.2) is 23.1 Å². The quantitative estimate of drug-likeness (QED) is 0.737. The Kier molecular flexibility index (Phi) is 7.47. The van der Waals surface area contributed by atoms with E-state index in [9.17, 15) is 13.2 Å². The number of sulfonamides is 1. The zero-order valence-corrected chi connectivity index (χ0v) is 15.5. The number of amides is 1. The molecule has 1 aromatic rings. The summed E-state index contributed by atoms with van der Waals surface area (Å²) in [5.74, 6) is -0.454. The third-order valence-corrected chi connectivity index (χ3v) is 5.88. The summed E-state index contributed by atoms with van der Waals surface area (Å²) in [5, 5.41) is 3.18. The molecule has 0 bridgehead atoms. The van der Waals surface area contributed by atoms with Crippen LogP contribution in [0.3, 0.4) is 0 Å². The molecule has 2 rings (SSSR count). The summed E-state index contributed by atoms with van der Waals surface area (Å²) in [4.78, 5) is 11.6. The van der Waals surface area contributed by atoms with Crippen LogP contribution in [0, 0.1) is 0 Å². The first-order valence-corrected chi connectivity index (χ1v) is 9.06. The van der Waals surface area contributed by atoms with E-state index in [-0.39, 0.29) is 34.7 Å². The van der Waals surface area contributed by atoms with Gasteiger partial charge in [0.05, 0.1) is 17.6 Å². The van der Waals surface area contributed by atoms with Crippen molar-refractivity contribution in [3.63, 3.8) is 0 Å². The number of rotatable bonds is 7. The molecule has 1 atom stereocenters. The fourth-order valence-corrected chi connectivity index (χ4v) is 4.55. The summed E-state index contributed by atoms with van der Waals surface area (Å²) in [6.07, 6.45) is 1.49. The molecular weight excluding hydrogens is 354 g/mol. The van der Waals surface area contributed by atoms with Gasteiger partial charge in [-0.3, -0.25) is 4.79 Å². The first kappa shape index (κ1) is 20.7. The Morgan fingerprint density at radius 2 is 2.17 bits per heavy atom. The van der Waals surface area contributed by atoms with Crippen molar-refractivity contribution in [1.29, 1.82) is 0 Å². The Morgan fingerprint density at radius 3 is 2.67 bits per heavy atom. The molecule has 24 heavy (non-hydrogen) atoms. The number of halogens is 1. The maximum absolute atomic E-state index is 13.0. The average molecular weight is 378 g/mol. The number of hydrogen-bond donors (Lipinski definition) is 2. The first-order chi connectivity index (χ1) is 10.9. The van der Waals surface area contributed by atoms with Gasteiger partial charge in [-0.05, 0) is 37.6 Å². The lowest BCUT2D eigenvalue weighted by Crippen LogP contribution is -2.42. The molecule has 7 nitrogen and oxygen atoms in total. The third-order valence-electron chi connectivity index (χ3n) is 3.93. The molecule has 1 saturated heterocycles. The number of methoxy groups -OCH3 is 1. The van der Waals surface area contributed by atoms with Gasteiger partial charge in [-0.15, -0.1) is 12.4 Å². The van der Waals surface area contributed by atoms with Crippen molar-refractivity contribution in [1.82, 2.24) is 9.62 Å². The molecule has 0 spiro atoms. The molecule has 0 saturated carbocycles. The first-order valence-electron chi connectivity index (χ1n) is 7.62. The molecular formula is C15H24ClN3O4S. The van der Waals surface area contributed by atoms with Crippen molar-refractivity contribution in [2.45, 2.75) is 30.7 Å². The van der Waals surface area contributed by atoms with Crippen LogP contribution in [-0.4, -0.2) is 51.4 Å². The van der Waals surface area contributed by atoms with Crippen LogP contribution in [0.25, 0.3) is 0 Å². The second kappa shape index (κ2) is 8.66. The summed E-state index contributed by atoms with van der Waals surface area (Å²) in [6, 6.07) is 4.14. The van der Waals surface area contributed by atoms with Crippen molar-refractivity contribution in [3.05, 3.63) is 23.8 Å². The zero-order chi connectivity index (χ0) is 17.0. The topological polar surface area (TPSA) is 102 Å². The molecule has 1 aliphatic rings. The minimum Gasteiger partial charge on any atom is -0.496 e. The molecule has 1 unspecified atom stereocenters. The normalized spacial score (nSPS) is 17.5. The molecule has 3 N–H and O–H groups in total. The number of benzene rings is 1. The van der Waals surface area contributed by atoms with E-state index in [1.54, 1.807) is 0 Å². The highest BCUT2D eigenvalue weighted by atomic mass is 35.5. The fraction of sp³-hybridized carbons (Fsp3) is 0.533. The highest BCUT2D eigenvalue weighted by Gasteiger charge is 2.33. The van der Waals surface area contributed by atoms with Crippen LogP contribution < -0.4 is 15.8 Å². The summed E-state index contributed by atoms with van der Waals surface area (Å²) < 4.78 is 32.6. The van der Waals surface area contributed by atoms with E-state index < -0.39 is 15.9 Å². The van der Waals surface area contributed by atoms with Gasteiger partial charge in [-0.25, -0.2) is 8.42 Å². The van der Waals surface area contributed by atoms with Crippen molar-refractivity contribution in [2.24, 2.45) is 5.73 Å². The molecule has 1 fully saturated rings. The maximum Gasteiger partial charge on any atom is 0.252 e. The van der Waals surface area contributed by atoms with E-state index in [1.165, 1.54) is 29.6 Å². The Bertz CT molecular complexity index is 675. The molecule has 136 valence electrons. The minimum absolute atomic E-state index is 0. The van der Waals surface area contributed by atoms with Crippen LogP contribution in [0.1, 0.15) is 30.1 Å². The number of nitrogens with zero attached hydrogens (tertiary/aromatic N) is 1. The smallest absolute Gasteiger partial charge is 0.252 e. The van der Waals surface area contributed by atoms with Crippen LogP contribution in [0.5, 0.6) is 5.75 Å². The van der Waals surface area contributed by atoms with Gasteiger partial charge in [0.2, 0.25) is 10.0 Å². The van der Waals surface area contributed by atoms with Gasteiger partial charge in [0, 0.05) is 19.1 Å². The maximum atomic E-state index is 13.0. The number of nitrogens with two attached hydrogens (primary N) is 1. The predicted molar refractivity (Wildman–Crippen MR) is 94.2 cm³/mol. The zero-order valence-electron chi connectivity index (χ0n) is 13.8. The van der Waals surface area contributed by atoms with Gasteiger partial charge in [-0.2, -0.15) is 4.31 Å². The molecule has 1 heterocycles. The standard InChI is InChI=1S/C15H23N3O4S.ClH/c1-3-8-18(11-6-7-17-10-11)23(20,21)12-4-5-14(22-2)13(9-12)15(16)19;/h4-5,9,11,17H,3,6-8,10H2,1-2H3,(H2,16,19);1H. The van der Waals surface area contributed by atoms with Crippen molar-refractivity contribution >= 4 is 28.3 Å². The predicted octanol–water partition coefficient (Wildman–Crippen LogP) is 0.979. The lowest BCUT2D eigenvalue weighted by atomic mass is 10.2. The monoisotopic (exact) mass is 377 g/mol. The Balaban J connectivity index is 0.00000288. The van der Waals surface area contributed by atoms with Crippen molar-refractivity contribution in [3.8, 4) is 5.75 Å². The number of primary amides is 1. The van der Waals surface area contributed by atoms with E-state index in [4.69, 9.17) is 10.5 Å². The van der Waals surface area contributed by atoms with Gasteiger partial charge in [-0.1, -0.05) is 6.92 Å². The molecule has 0 aromatic heterocycles. The molecule has 0 aliphatic carbocycles. The minimum atomic E-state index is -3.70. The summed E-state index contributed by atoms with van der Waals surface area (Å²) >= 11 is 0. The Labute approximate surface area is 149 Å². The van der Waals surface area contributed by atoms with Gasteiger partial charge >= 0.3 is 0 Å². The van der Waals surface area contributed by atoms with Crippen molar-refractivity contribution in [2.75, 3.05) is 26.7 Å². The van der Waals surface area contributed by atoms with Gasteiger partial charge < -0.3 is 15.8 Å². The van der Waals surface area contributed by atoms with E-state index in [0.29, 0.717) is 19.5 Å². The molecule has 0 radical (unpaired) electrons.